The monoisotopic (exact) mass is 413 g/mol. The molecule has 32 heavy (non-hydrogen) atoms. The summed E-state index contributed by atoms with van der Waals surface area (Å²) in [4.78, 5) is 0. The minimum atomic E-state index is 0.663. The maximum atomic E-state index is 9.78. The van der Waals surface area contributed by atoms with Crippen molar-refractivity contribution in [1.82, 2.24) is 0 Å². The fraction of sp³-hybridized carbons (Fsp3) is 0.129. The van der Waals surface area contributed by atoms with Crippen LogP contribution in [0, 0.1) is 39.0 Å². The maximum Gasteiger partial charge on any atom is 0.0998 e. The second kappa shape index (κ2) is 9.08. The summed E-state index contributed by atoms with van der Waals surface area (Å²) in [6.45, 7) is 8.48. The molecule has 0 amide bonds. The van der Waals surface area contributed by atoms with E-state index in [-0.39, 0.29) is 0 Å². The Morgan fingerprint density at radius 2 is 0.969 bits per heavy atom. The highest BCUT2D eigenvalue weighted by atomic mass is 14.2. The molecular weight excluding hydrogens is 386 g/mol. The van der Waals surface area contributed by atoms with Gasteiger partial charge in [-0.1, -0.05) is 107 Å². The second-order valence-electron chi connectivity index (χ2n) is 8.62. The number of benzene rings is 4. The first kappa shape index (κ1) is 21.3. The van der Waals surface area contributed by atoms with Crippen LogP contribution in [0.5, 0.6) is 0 Å². The molecule has 0 fully saturated rings. The van der Waals surface area contributed by atoms with E-state index in [9.17, 15) is 5.26 Å². The van der Waals surface area contributed by atoms with Crippen LogP contribution >= 0.6 is 0 Å². The van der Waals surface area contributed by atoms with E-state index in [4.69, 9.17) is 0 Å². The van der Waals surface area contributed by atoms with Crippen LogP contribution in [-0.2, 0) is 0 Å². The molecule has 0 saturated carbocycles. The third kappa shape index (κ3) is 4.88. The van der Waals surface area contributed by atoms with Crippen molar-refractivity contribution in [1.29, 1.82) is 5.26 Å². The van der Waals surface area contributed by atoms with Gasteiger partial charge in [0.1, 0.15) is 0 Å². The van der Waals surface area contributed by atoms with Gasteiger partial charge in [-0.15, -0.1) is 0 Å². The molecule has 0 spiro atoms. The molecular formula is C31H27N. The average molecular weight is 414 g/mol. The first-order valence-electron chi connectivity index (χ1n) is 10.9. The number of hydrogen-bond donors (Lipinski definition) is 0. The van der Waals surface area contributed by atoms with Crippen molar-refractivity contribution >= 4 is 11.6 Å². The Morgan fingerprint density at radius 1 is 0.562 bits per heavy atom. The fourth-order valence-electron chi connectivity index (χ4n) is 4.24. The van der Waals surface area contributed by atoms with Crippen LogP contribution in [0.25, 0.3) is 33.9 Å². The molecule has 0 aliphatic heterocycles. The molecule has 0 radical (unpaired) electrons. The number of hydrogen-bond acceptors (Lipinski definition) is 1. The molecule has 0 heterocycles. The summed E-state index contributed by atoms with van der Waals surface area (Å²) in [6.07, 6.45) is 1.96. The fourth-order valence-corrected chi connectivity index (χ4v) is 4.24. The number of nitrogens with zero attached hydrogens (tertiary/aromatic N) is 1. The largest absolute Gasteiger partial charge is 0.192 e. The molecule has 0 bridgehead atoms. The summed E-state index contributed by atoms with van der Waals surface area (Å²) in [7, 11) is 0. The minimum absolute atomic E-state index is 0.663. The molecule has 1 nitrogen and oxygen atoms in total. The molecule has 1 heteroatoms. The first-order valence-corrected chi connectivity index (χ1v) is 10.9. The second-order valence-corrected chi connectivity index (χ2v) is 8.62. The topological polar surface area (TPSA) is 23.8 Å². The van der Waals surface area contributed by atoms with Crippen LogP contribution in [0.3, 0.4) is 0 Å². The van der Waals surface area contributed by atoms with Crippen LogP contribution in [0.4, 0.5) is 0 Å². The standard InChI is InChI=1S/C31H27N/c1-21-13-22(2)16-29(15-21)26-7-5-25(6-8-26)19-31(20-32)28-11-9-27(10-12-28)30-17-23(3)14-24(4)18-30/h5-19H,1-4H3/b31-19+. The Balaban J connectivity index is 1.59. The predicted octanol–water partition coefficient (Wildman–Crippen LogP) is 8.32. The average Bonchev–Trinajstić information content (AvgIpc) is 2.77. The van der Waals surface area contributed by atoms with Crippen LogP contribution in [0.1, 0.15) is 33.4 Å². The van der Waals surface area contributed by atoms with E-state index >= 15 is 0 Å². The smallest absolute Gasteiger partial charge is 0.0998 e. The molecule has 156 valence electrons. The van der Waals surface area contributed by atoms with Gasteiger partial charge >= 0.3 is 0 Å². The minimum Gasteiger partial charge on any atom is -0.192 e. The summed E-state index contributed by atoms with van der Waals surface area (Å²) in [6, 6.07) is 32.2. The Morgan fingerprint density at radius 3 is 1.38 bits per heavy atom. The molecule has 0 N–H and O–H groups in total. The third-order valence-corrected chi connectivity index (χ3v) is 5.65. The van der Waals surface area contributed by atoms with Gasteiger partial charge < -0.3 is 0 Å². The van der Waals surface area contributed by atoms with Crippen molar-refractivity contribution in [2.24, 2.45) is 0 Å². The quantitative estimate of drug-likeness (QED) is 0.244. The zero-order chi connectivity index (χ0) is 22.7. The zero-order valence-electron chi connectivity index (χ0n) is 19.1. The van der Waals surface area contributed by atoms with E-state index in [1.807, 2.05) is 18.2 Å². The lowest BCUT2D eigenvalue weighted by Gasteiger charge is -2.08. The van der Waals surface area contributed by atoms with Gasteiger partial charge in [-0.2, -0.15) is 5.26 Å². The lowest BCUT2D eigenvalue weighted by molar-refractivity contribution is 1.38. The summed E-state index contributed by atoms with van der Waals surface area (Å²) in [5, 5.41) is 9.78. The van der Waals surface area contributed by atoms with E-state index in [0.29, 0.717) is 5.57 Å². The van der Waals surface area contributed by atoms with Crippen molar-refractivity contribution in [2.75, 3.05) is 0 Å². The third-order valence-electron chi connectivity index (χ3n) is 5.65. The Bertz CT molecular complexity index is 1290. The van der Waals surface area contributed by atoms with Crippen LogP contribution in [0.2, 0.25) is 0 Å². The van der Waals surface area contributed by atoms with Gasteiger partial charge in [-0.05, 0) is 67.2 Å². The zero-order valence-corrected chi connectivity index (χ0v) is 19.1. The van der Waals surface area contributed by atoms with Crippen molar-refractivity contribution in [3.63, 3.8) is 0 Å². The van der Waals surface area contributed by atoms with Crippen molar-refractivity contribution in [3.05, 3.63) is 118 Å². The Hall–Kier alpha value is -3.89. The van der Waals surface area contributed by atoms with Crippen LogP contribution in [-0.4, -0.2) is 0 Å². The Kier molecular flexibility index (Phi) is 6.06. The van der Waals surface area contributed by atoms with Gasteiger partial charge in [-0.25, -0.2) is 0 Å². The number of aryl methyl sites for hydroxylation is 4. The molecule has 0 aliphatic rings. The molecule has 4 rings (SSSR count). The molecule has 0 unspecified atom stereocenters. The molecule has 4 aromatic carbocycles. The van der Waals surface area contributed by atoms with Crippen LogP contribution < -0.4 is 0 Å². The van der Waals surface area contributed by atoms with Gasteiger partial charge in [0.25, 0.3) is 0 Å². The Labute approximate surface area is 191 Å². The summed E-state index contributed by atoms with van der Waals surface area (Å²) >= 11 is 0. The highest BCUT2D eigenvalue weighted by Gasteiger charge is 2.05. The molecule has 0 saturated heterocycles. The summed E-state index contributed by atoms with van der Waals surface area (Å²) in [5.41, 5.74) is 12.4. The van der Waals surface area contributed by atoms with E-state index in [0.717, 1.165) is 16.7 Å². The van der Waals surface area contributed by atoms with Crippen molar-refractivity contribution < 1.29 is 0 Å². The van der Waals surface area contributed by atoms with Gasteiger partial charge in [0.15, 0.2) is 0 Å². The van der Waals surface area contributed by atoms with Gasteiger partial charge in [-0.3, -0.25) is 0 Å². The van der Waals surface area contributed by atoms with E-state index < -0.39 is 0 Å². The van der Waals surface area contributed by atoms with E-state index in [2.05, 4.69) is 107 Å². The molecule has 0 atom stereocenters. The van der Waals surface area contributed by atoms with Gasteiger partial charge in [0.05, 0.1) is 11.6 Å². The normalized spacial score (nSPS) is 11.3. The van der Waals surface area contributed by atoms with E-state index in [1.54, 1.807) is 0 Å². The highest BCUT2D eigenvalue weighted by Crippen LogP contribution is 2.27. The van der Waals surface area contributed by atoms with Crippen molar-refractivity contribution in [3.8, 4) is 28.3 Å². The SMILES string of the molecule is Cc1cc(C)cc(-c2ccc(/C=C(\C#N)c3ccc(-c4cc(C)cc(C)c4)cc3)cc2)c1. The molecule has 4 aromatic rings. The number of allylic oxidation sites excluding steroid dienone is 1. The number of rotatable bonds is 4. The van der Waals surface area contributed by atoms with Crippen LogP contribution in [0.15, 0.2) is 84.9 Å². The summed E-state index contributed by atoms with van der Waals surface area (Å²) in [5.74, 6) is 0. The van der Waals surface area contributed by atoms with Crippen molar-refractivity contribution in [2.45, 2.75) is 27.7 Å². The summed E-state index contributed by atoms with van der Waals surface area (Å²) < 4.78 is 0. The maximum absolute atomic E-state index is 9.78. The number of nitriles is 1. The molecule has 0 aromatic heterocycles. The van der Waals surface area contributed by atoms with E-state index in [1.165, 1.54) is 38.9 Å². The highest BCUT2D eigenvalue weighted by molar-refractivity contribution is 5.90. The van der Waals surface area contributed by atoms with Gasteiger partial charge in [0, 0.05) is 0 Å². The molecule has 0 aliphatic carbocycles. The lowest BCUT2D eigenvalue weighted by atomic mass is 9.96. The van der Waals surface area contributed by atoms with Gasteiger partial charge in [0.2, 0.25) is 0 Å². The predicted molar refractivity (Wildman–Crippen MR) is 136 cm³/mol. The first-order chi connectivity index (χ1) is 15.4. The lowest BCUT2D eigenvalue weighted by Crippen LogP contribution is -1.86.